The number of benzene rings is 1. The molecule has 0 radical (unpaired) electrons. The first-order chi connectivity index (χ1) is 6.56. The van der Waals surface area contributed by atoms with Crippen LogP contribution in [0, 0.1) is 0 Å². The molecule has 14 heavy (non-hydrogen) atoms. The monoisotopic (exact) mass is 198 g/mol. The maximum atomic E-state index is 12.3. The predicted octanol–water partition coefficient (Wildman–Crippen LogP) is 1.55. The van der Waals surface area contributed by atoms with Crippen molar-refractivity contribution in [1.29, 1.82) is 0 Å². The highest BCUT2D eigenvalue weighted by molar-refractivity contribution is 5.93. The third-order valence-electron chi connectivity index (χ3n) is 1.73. The summed E-state index contributed by atoms with van der Waals surface area (Å²) in [6.45, 7) is -0.997. The minimum absolute atomic E-state index is 0.123. The van der Waals surface area contributed by atoms with Crippen LogP contribution in [0.25, 0.3) is 0 Å². The van der Waals surface area contributed by atoms with Crippen LogP contribution >= 0.6 is 0 Å². The van der Waals surface area contributed by atoms with E-state index in [0.717, 1.165) is 18.2 Å². The zero-order chi connectivity index (χ0) is 10.7. The number of alkyl halides is 1. The largest absolute Gasteiger partial charge is 0.478 e. The van der Waals surface area contributed by atoms with Crippen LogP contribution in [0.15, 0.2) is 18.2 Å². The van der Waals surface area contributed by atoms with Gasteiger partial charge in [0.05, 0.1) is 11.1 Å². The van der Waals surface area contributed by atoms with Gasteiger partial charge < -0.3 is 10.2 Å². The Bertz CT molecular complexity index is 386. The molecule has 0 amide bonds. The van der Waals surface area contributed by atoms with Gasteiger partial charge in [-0.25, -0.2) is 14.0 Å². The Hall–Kier alpha value is -1.91. The van der Waals surface area contributed by atoms with Crippen molar-refractivity contribution in [2.45, 2.75) is 6.67 Å². The lowest BCUT2D eigenvalue weighted by atomic mass is 10.0. The van der Waals surface area contributed by atoms with Gasteiger partial charge >= 0.3 is 11.9 Å². The van der Waals surface area contributed by atoms with Crippen molar-refractivity contribution in [3.63, 3.8) is 0 Å². The fourth-order valence-corrected chi connectivity index (χ4v) is 1.05. The van der Waals surface area contributed by atoms with E-state index in [1.54, 1.807) is 0 Å². The molecule has 1 aromatic rings. The van der Waals surface area contributed by atoms with E-state index in [2.05, 4.69) is 0 Å². The molecule has 4 nitrogen and oxygen atoms in total. The maximum absolute atomic E-state index is 12.3. The van der Waals surface area contributed by atoms with E-state index in [1.165, 1.54) is 0 Å². The molecule has 5 heteroatoms. The number of aromatic carboxylic acids is 2. The van der Waals surface area contributed by atoms with Crippen molar-refractivity contribution < 1.29 is 24.2 Å². The minimum atomic E-state index is -1.27. The van der Waals surface area contributed by atoms with Gasteiger partial charge in [-0.15, -0.1) is 0 Å². The predicted molar refractivity (Wildman–Crippen MR) is 45.2 cm³/mol. The van der Waals surface area contributed by atoms with Crippen molar-refractivity contribution in [3.8, 4) is 0 Å². The molecule has 0 aliphatic heterocycles. The molecule has 0 aromatic heterocycles. The number of halogens is 1. The summed E-state index contributed by atoms with van der Waals surface area (Å²) in [6.07, 6.45) is 0. The molecule has 2 N–H and O–H groups in total. The summed E-state index contributed by atoms with van der Waals surface area (Å²) in [4.78, 5) is 21.0. The number of carboxylic acids is 2. The Labute approximate surface area is 78.6 Å². The molecule has 0 bridgehead atoms. The molecule has 0 atom stereocenters. The van der Waals surface area contributed by atoms with Gasteiger partial charge in [-0.1, -0.05) is 0 Å². The third kappa shape index (κ3) is 1.87. The van der Waals surface area contributed by atoms with Crippen molar-refractivity contribution >= 4 is 11.9 Å². The first-order valence-electron chi connectivity index (χ1n) is 3.71. The number of hydrogen-bond donors (Lipinski definition) is 2. The molecule has 0 saturated heterocycles. The molecule has 0 fully saturated rings. The Balaban J connectivity index is 3.25. The van der Waals surface area contributed by atoms with Crippen molar-refractivity contribution in [2.75, 3.05) is 0 Å². The molecule has 0 heterocycles. The summed E-state index contributed by atoms with van der Waals surface area (Å²) in [5, 5.41) is 17.2. The number of rotatable bonds is 3. The van der Waals surface area contributed by atoms with Gasteiger partial charge in [-0.05, 0) is 23.8 Å². The van der Waals surface area contributed by atoms with Crippen LogP contribution in [-0.2, 0) is 6.67 Å². The molecule has 0 spiro atoms. The van der Waals surface area contributed by atoms with Crippen LogP contribution in [0.5, 0.6) is 0 Å². The molecule has 1 rings (SSSR count). The van der Waals surface area contributed by atoms with Crippen LogP contribution in [0.4, 0.5) is 4.39 Å². The fraction of sp³-hybridized carbons (Fsp3) is 0.111. The summed E-state index contributed by atoms with van der Waals surface area (Å²) in [5.41, 5.74) is -0.461. The van der Waals surface area contributed by atoms with Gasteiger partial charge in [0.15, 0.2) is 0 Å². The number of hydrogen-bond acceptors (Lipinski definition) is 2. The molecule has 74 valence electrons. The van der Waals surface area contributed by atoms with E-state index in [1.807, 2.05) is 0 Å². The van der Waals surface area contributed by atoms with Gasteiger partial charge in [0.25, 0.3) is 0 Å². The summed E-state index contributed by atoms with van der Waals surface area (Å²) in [7, 11) is 0. The Kier molecular flexibility index (Phi) is 2.81. The van der Waals surface area contributed by atoms with E-state index in [9.17, 15) is 14.0 Å². The SMILES string of the molecule is O=C(O)c1ccc(C(=O)O)c(CF)c1. The molecule has 0 saturated carbocycles. The molecule has 1 aromatic carbocycles. The fourth-order valence-electron chi connectivity index (χ4n) is 1.05. The summed E-state index contributed by atoms with van der Waals surface area (Å²) < 4.78 is 12.3. The Morgan fingerprint density at radius 1 is 1.21 bits per heavy atom. The van der Waals surface area contributed by atoms with Crippen LogP contribution in [0.3, 0.4) is 0 Å². The Morgan fingerprint density at radius 2 is 1.86 bits per heavy atom. The highest BCUT2D eigenvalue weighted by Crippen LogP contribution is 2.13. The topological polar surface area (TPSA) is 74.6 Å². The first-order valence-corrected chi connectivity index (χ1v) is 3.71. The standard InChI is InChI=1S/C9H7FO4/c10-4-6-3-5(8(11)12)1-2-7(6)9(13)14/h1-3H,4H2,(H,11,12)(H,13,14). The number of carbonyl (C=O) groups is 2. The van der Waals surface area contributed by atoms with Crippen LogP contribution in [0.1, 0.15) is 26.3 Å². The normalized spacial score (nSPS) is 9.79. The van der Waals surface area contributed by atoms with E-state index in [-0.39, 0.29) is 16.7 Å². The zero-order valence-corrected chi connectivity index (χ0v) is 7.03. The van der Waals surface area contributed by atoms with Crippen LogP contribution in [0.2, 0.25) is 0 Å². The van der Waals surface area contributed by atoms with Gasteiger partial charge in [-0.3, -0.25) is 0 Å². The average Bonchev–Trinajstić information content (AvgIpc) is 2.16. The van der Waals surface area contributed by atoms with Gasteiger partial charge in [-0.2, -0.15) is 0 Å². The zero-order valence-electron chi connectivity index (χ0n) is 7.03. The lowest BCUT2D eigenvalue weighted by Crippen LogP contribution is -2.04. The van der Waals surface area contributed by atoms with Crippen molar-refractivity contribution in [1.82, 2.24) is 0 Å². The number of carboxylic acid groups (broad SMARTS) is 2. The summed E-state index contributed by atoms with van der Waals surface area (Å²) >= 11 is 0. The molecule has 0 aliphatic carbocycles. The highest BCUT2D eigenvalue weighted by Gasteiger charge is 2.12. The van der Waals surface area contributed by atoms with E-state index < -0.39 is 18.6 Å². The van der Waals surface area contributed by atoms with Gasteiger partial charge in [0.1, 0.15) is 6.67 Å². The Morgan fingerprint density at radius 3 is 2.29 bits per heavy atom. The van der Waals surface area contributed by atoms with Gasteiger partial charge in [0.2, 0.25) is 0 Å². The second-order valence-electron chi connectivity index (χ2n) is 2.62. The average molecular weight is 198 g/mol. The van der Waals surface area contributed by atoms with E-state index >= 15 is 0 Å². The van der Waals surface area contributed by atoms with E-state index in [4.69, 9.17) is 10.2 Å². The quantitative estimate of drug-likeness (QED) is 0.772. The highest BCUT2D eigenvalue weighted by atomic mass is 19.1. The molecule has 0 unspecified atom stereocenters. The van der Waals surface area contributed by atoms with Gasteiger partial charge in [0, 0.05) is 0 Å². The van der Waals surface area contributed by atoms with Crippen molar-refractivity contribution in [2.24, 2.45) is 0 Å². The second-order valence-corrected chi connectivity index (χ2v) is 2.62. The second kappa shape index (κ2) is 3.87. The summed E-state index contributed by atoms with van der Waals surface area (Å²) in [6, 6.07) is 3.23. The maximum Gasteiger partial charge on any atom is 0.336 e. The van der Waals surface area contributed by atoms with Crippen molar-refractivity contribution in [3.05, 3.63) is 34.9 Å². The lowest BCUT2D eigenvalue weighted by Gasteiger charge is -2.02. The minimum Gasteiger partial charge on any atom is -0.478 e. The van der Waals surface area contributed by atoms with E-state index in [0.29, 0.717) is 0 Å². The summed E-state index contributed by atoms with van der Waals surface area (Å²) in [5.74, 6) is -2.48. The van der Waals surface area contributed by atoms with Crippen LogP contribution in [-0.4, -0.2) is 22.2 Å². The smallest absolute Gasteiger partial charge is 0.336 e. The molecular weight excluding hydrogens is 191 g/mol. The molecular formula is C9H7FO4. The third-order valence-corrected chi connectivity index (χ3v) is 1.73. The first kappa shape index (κ1) is 10.2. The lowest BCUT2D eigenvalue weighted by molar-refractivity contribution is 0.0679. The molecule has 0 aliphatic rings. The van der Waals surface area contributed by atoms with Crippen LogP contribution < -0.4 is 0 Å².